The van der Waals surface area contributed by atoms with Gasteiger partial charge in [-0.05, 0) is 102 Å². The van der Waals surface area contributed by atoms with E-state index in [1.54, 1.807) is 18.2 Å². The third kappa shape index (κ3) is 6.71. The van der Waals surface area contributed by atoms with E-state index in [1.165, 1.54) is 37.4 Å². The summed E-state index contributed by atoms with van der Waals surface area (Å²) in [5.74, 6) is -1.53. The standard InChI is InChI=1S/C34H37F3O4/c1-34(2)10-4-5-30(34)28-14-23(32(37)18-27(28)29-17-25(40-3)8-9-31(29)36)19-41-26-13-22(12-24(35)16-26)21(15-33(38)39)11-20-6-7-20/h8-9,12-14,16-18,20-21,30H,4-7,10-11,15,19H2,1-3H3,(H,38,39)/t21-,30-/m0/s1. The minimum atomic E-state index is -0.931. The number of aliphatic carboxylic acids is 1. The van der Waals surface area contributed by atoms with Crippen molar-refractivity contribution in [1.29, 1.82) is 0 Å². The molecule has 0 aromatic heterocycles. The molecule has 3 aromatic carbocycles. The largest absolute Gasteiger partial charge is 0.497 e. The quantitative estimate of drug-likeness (QED) is 0.252. The fourth-order valence-electron chi connectivity index (χ4n) is 6.38. The first-order chi connectivity index (χ1) is 19.5. The summed E-state index contributed by atoms with van der Waals surface area (Å²) in [6.07, 6.45) is 5.64. The third-order valence-electron chi connectivity index (χ3n) is 8.81. The molecule has 0 heterocycles. The van der Waals surface area contributed by atoms with Crippen molar-refractivity contribution >= 4 is 5.97 Å². The molecule has 2 aliphatic carbocycles. The number of hydrogen-bond donors (Lipinski definition) is 1. The van der Waals surface area contributed by atoms with Crippen molar-refractivity contribution < 1.29 is 32.5 Å². The predicted octanol–water partition coefficient (Wildman–Crippen LogP) is 9.01. The Morgan fingerprint density at radius 2 is 1.76 bits per heavy atom. The Labute approximate surface area is 239 Å². The topological polar surface area (TPSA) is 55.8 Å². The van der Waals surface area contributed by atoms with Crippen LogP contribution in [0.15, 0.2) is 48.5 Å². The number of carboxylic acid groups (broad SMARTS) is 1. The fraction of sp³-hybridized carbons (Fsp3) is 0.441. The second kappa shape index (κ2) is 11.8. The second-order valence-corrected chi connectivity index (χ2v) is 12.3. The van der Waals surface area contributed by atoms with E-state index < -0.39 is 23.4 Å². The number of halogens is 3. The van der Waals surface area contributed by atoms with E-state index in [-0.39, 0.29) is 41.6 Å². The number of hydrogen-bond acceptors (Lipinski definition) is 3. The molecule has 3 aromatic rings. The molecule has 2 aliphatic rings. The van der Waals surface area contributed by atoms with Crippen molar-refractivity contribution in [1.82, 2.24) is 0 Å². The molecule has 7 heteroatoms. The predicted molar refractivity (Wildman–Crippen MR) is 152 cm³/mol. The van der Waals surface area contributed by atoms with Crippen molar-refractivity contribution in [3.05, 3.63) is 82.7 Å². The van der Waals surface area contributed by atoms with Gasteiger partial charge in [0.25, 0.3) is 0 Å². The maximum Gasteiger partial charge on any atom is 0.303 e. The molecule has 0 amide bonds. The van der Waals surface area contributed by atoms with Crippen LogP contribution in [0, 0.1) is 28.8 Å². The highest BCUT2D eigenvalue weighted by atomic mass is 19.1. The zero-order valence-electron chi connectivity index (χ0n) is 23.8. The molecule has 5 rings (SSSR count). The lowest BCUT2D eigenvalue weighted by Crippen LogP contribution is -2.17. The Hall–Kier alpha value is -3.48. The SMILES string of the molecule is COc1ccc(F)c(-c2cc(F)c(COc3cc(F)cc([C@H](CC(=O)O)CC4CC4)c3)cc2[C@@H]2CCCC2(C)C)c1. The van der Waals surface area contributed by atoms with Gasteiger partial charge in [-0.2, -0.15) is 0 Å². The van der Waals surface area contributed by atoms with Crippen LogP contribution >= 0.6 is 0 Å². The van der Waals surface area contributed by atoms with E-state index in [0.717, 1.165) is 37.7 Å². The van der Waals surface area contributed by atoms with Crippen molar-refractivity contribution in [3.8, 4) is 22.6 Å². The summed E-state index contributed by atoms with van der Waals surface area (Å²) in [5.41, 5.74) is 2.44. The highest BCUT2D eigenvalue weighted by Crippen LogP contribution is 2.52. The van der Waals surface area contributed by atoms with Crippen LogP contribution in [0.2, 0.25) is 0 Å². The van der Waals surface area contributed by atoms with E-state index in [2.05, 4.69) is 13.8 Å². The zero-order chi connectivity index (χ0) is 29.3. The van der Waals surface area contributed by atoms with Crippen LogP contribution in [0.1, 0.15) is 87.3 Å². The maximum absolute atomic E-state index is 15.6. The molecule has 218 valence electrons. The van der Waals surface area contributed by atoms with Crippen LogP contribution in [0.3, 0.4) is 0 Å². The monoisotopic (exact) mass is 566 g/mol. The Morgan fingerprint density at radius 1 is 0.976 bits per heavy atom. The van der Waals surface area contributed by atoms with Gasteiger partial charge in [0.1, 0.15) is 35.6 Å². The smallest absolute Gasteiger partial charge is 0.303 e. The summed E-state index contributed by atoms with van der Waals surface area (Å²) in [6, 6.07) is 11.9. The third-order valence-corrected chi connectivity index (χ3v) is 8.81. The lowest BCUT2D eigenvalue weighted by molar-refractivity contribution is -0.137. The number of rotatable bonds is 11. The van der Waals surface area contributed by atoms with Crippen molar-refractivity contribution in [2.45, 2.75) is 77.2 Å². The number of carboxylic acids is 1. The molecule has 0 spiro atoms. The van der Waals surface area contributed by atoms with Gasteiger partial charge in [-0.15, -0.1) is 0 Å². The molecule has 41 heavy (non-hydrogen) atoms. The second-order valence-electron chi connectivity index (χ2n) is 12.3. The molecule has 2 atom stereocenters. The van der Waals surface area contributed by atoms with Crippen LogP contribution < -0.4 is 9.47 Å². The van der Waals surface area contributed by atoms with Crippen molar-refractivity contribution in [3.63, 3.8) is 0 Å². The lowest BCUT2D eigenvalue weighted by Gasteiger charge is -2.30. The van der Waals surface area contributed by atoms with Crippen LogP contribution in [-0.4, -0.2) is 18.2 Å². The van der Waals surface area contributed by atoms with Gasteiger partial charge in [0.15, 0.2) is 0 Å². The molecule has 2 saturated carbocycles. The summed E-state index contributed by atoms with van der Waals surface area (Å²) in [4.78, 5) is 11.5. The molecule has 4 nitrogen and oxygen atoms in total. The molecular weight excluding hydrogens is 529 g/mol. The number of methoxy groups -OCH3 is 1. The molecule has 0 unspecified atom stereocenters. The van der Waals surface area contributed by atoms with E-state index >= 15 is 8.78 Å². The van der Waals surface area contributed by atoms with Gasteiger partial charge in [0.05, 0.1) is 13.5 Å². The van der Waals surface area contributed by atoms with Gasteiger partial charge in [-0.1, -0.05) is 33.1 Å². The molecule has 1 N–H and O–H groups in total. The minimum absolute atomic E-state index is 0.0573. The first-order valence-corrected chi connectivity index (χ1v) is 14.4. The van der Waals surface area contributed by atoms with Crippen molar-refractivity contribution in [2.75, 3.05) is 7.11 Å². The van der Waals surface area contributed by atoms with E-state index in [9.17, 15) is 14.3 Å². The highest BCUT2D eigenvalue weighted by molar-refractivity contribution is 5.71. The van der Waals surface area contributed by atoms with Gasteiger partial charge >= 0.3 is 5.97 Å². The van der Waals surface area contributed by atoms with Crippen LogP contribution in [0.4, 0.5) is 13.2 Å². The van der Waals surface area contributed by atoms with Crippen molar-refractivity contribution in [2.24, 2.45) is 11.3 Å². The van der Waals surface area contributed by atoms with Gasteiger partial charge in [-0.3, -0.25) is 4.79 Å². The summed E-state index contributed by atoms with van der Waals surface area (Å²) in [5, 5.41) is 9.41. The fourth-order valence-corrected chi connectivity index (χ4v) is 6.38. The molecular formula is C34H37F3O4. The number of ether oxygens (including phenoxy) is 2. The normalized spacial score (nSPS) is 18.7. The van der Waals surface area contributed by atoms with Gasteiger partial charge < -0.3 is 14.6 Å². The zero-order valence-corrected chi connectivity index (χ0v) is 23.8. The van der Waals surface area contributed by atoms with Gasteiger partial charge in [-0.25, -0.2) is 13.2 Å². The minimum Gasteiger partial charge on any atom is -0.497 e. The molecule has 0 bridgehead atoms. The van der Waals surface area contributed by atoms with Gasteiger partial charge in [0, 0.05) is 17.2 Å². The first kappa shape index (κ1) is 29.0. The van der Waals surface area contributed by atoms with Crippen LogP contribution in [0.5, 0.6) is 11.5 Å². The van der Waals surface area contributed by atoms with E-state index in [4.69, 9.17) is 9.47 Å². The number of carbonyl (C=O) groups is 1. The Bertz CT molecular complexity index is 1430. The molecule has 0 aliphatic heterocycles. The molecule has 2 fully saturated rings. The van der Waals surface area contributed by atoms with E-state index in [0.29, 0.717) is 34.8 Å². The lowest BCUT2D eigenvalue weighted by atomic mass is 9.75. The highest BCUT2D eigenvalue weighted by Gasteiger charge is 2.37. The first-order valence-electron chi connectivity index (χ1n) is 14.4. The number of benzene rings is 3. The van der Waals surface area contributed by atoms with Crippen LogP contribution in [0.25, 0.3) is 11.1 Å². The van der Waals surface area contributed by atoms with E-state index in [1.807, 2.05) is 0 Å². The maximum atomic E-state index is 15.6. The molecule has 0 radical (unpaired) electrons. The van der Waals surface area contributed by atoms with Gasteiger partial charge in [0.2, 0.25) is 0 Å². The van der Waals surface area contributed by atoms with Crippen LogP contribution in [-0.2, 0) is 11.4 Å². The summed E-state index contributed by atoms with van der Waals surface area (Å²) in [7, 11) is 1.51. The Morgan fingerprint density at radius 3 is 2.41 bits per heavy atom. The molecule has 0 saturated heterocycles. The average Bonchev–Trinajstić information content (AvgIpc) is 3.67. The average molecular weight is 567 g/mol. The Balaban J connectivity index is 1.48. The summed E-state index contributed by atoms with van der Waals surface area (Å²) >= 11 is 0. The summed E-state index contributed by atoms with van der Waals surface area (Å²) in [6.45, 7) is 4.21. The Kier molecular flexibility index (Phi) is 8.35. The summed E-state index contributed by atoms with van der Waals surface area (Å²) < 4.78 is 56.6.